The molecule has 1 saturated heterocycles. The molecule has 0 aromatic rings. The molecule has 0 bridgehead atoms. The molecule has 1 fully saturated rings. The van der Waals surface area contributed by atoms with Crippen LogP contribution in [0, 0.1) is 0 Å². The molecule has 0 saturated carbocycles. The summed E-state index contributed by atoms with van der Waals surface area (Å²) in [6.45, 7) is 5.72. The van der Waals surface area contributed by atoms with Crippen LogP contribution in [0.1, 0.15) is 13.3 Å². The van der Waals surface area contributed by atoms with Crippen LogP contribution >= 0.6 is 0 Å². The van der Waals surface area contributed by atoms with Crippen LogP contribution in [0.3, 0.4) is 0 Å². The Morgan fingerprint density at radius 3 is 2.89 bits per heavy atom. The van der Waals surface area contributed by atoms with Crippen molar-refractivity contribution in [2.45, 2.75) is 25.6 Å². The zero-order valence-electron chi connectivity index (χ0n) is 11.3. The molecule has 1 rings (SSSR count). The highest BCUT2D eigenvalue weighted by Gasteiger charge is 2.27. The number of nitrogens with zero attached hydrogens (tertiary/aromatic N) is 1. The second-order valence-corrected chi connectivity index (χ2v) is 4.59. The van der Waals surface area contributed by atoms with Crippen LogP contribution in [0.25, 0.3) is 0 Å². The molecule has 0 radical (unpaired) electrons. The molecule has 4 nitrogen and oxygen atoms in total. The van der Waals surface area contributed by atoms with E-state index in [4.69, 9.17) is 4.74 Å². The number of alkyl halides is 3. The predicted octanol–water partition coefficient (Wildman–Crippen LogP) is 1.27. The van der Waals surface area contributed by atoms with Crippen molar-refractivity contribution in [2.24, 2.45) is 0 Å². The molecule has 0 aromatic carbocycles. The Morgan fingerprint density at radius 2 is 2.21 bits per heavy atom. The molecule has 0 aliphatic carbocycles. The number of morpholine rings is 1. The van der Waals surface area contributed by atoms with Crippen molar-refractivity contribution in [1.82, 2.24) is 10.2 Å². The quantitative estimate of drug-likeness (QED) is 0.681. The van der Waals surface area contributed by atoms with E-state index in [2.05, 4.69) is 15.0 Å². The largest absolute Gasteiger partial charge is 0.411 e. The molecule has 1 heterocycles. The summed E-state index contributed by atoms with van der Waals surface area (Å²) in [6.07, 6.45) is -3.62. The molecule has 0 spiro atoms. The van der Waals surface area contributed by atoms with Crippen molar-refractivity contribution >= 4 is 0 Å². The fourth-order valence-electron chi connectivity index (χ4n) is 2.04. The summed E-state index contributed by atoms with van der Waals surface area (Å²) in [6, 6.07) is 0.302. The van der Waals surface area contributed by atoms with E-state index in [1.54, 1.807) is 0 Å². The van der Waals surface area contributed by atoms with Gasteiger partial charge in [-0.3, -0.25) is 4.90 Å². The number of rotatable bonds is 8. The maximum absolute atomic E-state index is 11.9. The van der Waals surface area contributed by atoms with E-state index in [1.807, 2.05) is 6.92 Å². The summed E-state index contributed by atoms with van der Waals surface area (Å²) >= 11 is 0. The highest BCUT2D eigenvalue weighted by Crippen LogP contribution is 2.14. The first-order valence-corrected chi connectivity index (χ1v) is 6.70. The molecule has 1 N–H and O–H groups in total. The van der Waals surface area contributed by atoms with Crippen LogP contribution in [0.15, 0.2) is 0 Å². The third-order valence-electron chi connectivity index (χ3n) is 2.98. The van der Waals surface area contributed by atoms with Crippen molar-refractivity contribution in [3.05, 3.63) is 0 Å². The average Bonchev–Trinajstić information content (AvgIpc) is 2.36. The van der Waals surface area contributed by atoms with Gasteiger partial charge in [0.05, 0.1) is 13.2 Å². The second-order valence-electron chi connectivity index (χ2n) is 4.59. The first kappa shape index (κ1) is 16.7. The van der Waals surface area contributed by atoms with Gasteiger partial charge in [-0.2, -0.15) is 13.2 Å². The van der Waals surface area contributed by atoms with Gasteiger partial charge >= 0.3 is 6.18 Å². The van der Waals surface area contributed by atoms with Crippen molar-refractivity contribution in [3.63, 3.8) is 0 Å². The van der Waals surface area contributed by atoms with Crippen LogP contribution in [0.4, 0.5) is 13.2 Å². The van der Waals surface area contributed by atoms with Crippen LogP contribution in [0.5, 0.6) is 0 Å². The van der Waals surface area contributed by atoms with E-state index in [9.17, 15) is 13.2 Å². The standard InChI is InChI=1S/C12H23F3N2O2/c1-2-16-8-11-9-18-7-5-17(11)4-3-6-19-10-12(13,14)15/h11,16H,2-10H2,1H3. The molecule has 0 aromatic heterocycles. The van der Waals surface area contributed by atoms with Crippen molar-refractivity contribution in [2.75, 3.05) is 52.6 Å². The molecule has 19 heavy (non-hydrogen) atoms. The van der Waals surface area contributed by atoms with E-state index in [0.29, 0.717) is 25.7 Å². The minimum absolute atomic E-state index is 0.144. The normalized spacial score (nSPS) is 21.8. The van der Waals surface area contributed by atoms with Gasteiger partial charge in [0.25, 0.3) is 0 Å². The Kier molecular flexibility index (Phi) is 7.67. The SMILES string of the molecule is CCNCC1COCCN1CCCOCC(F)(F)F. The number of hydrogen-bond acceptors (Lipinski definition) is 4. The van der Waals surface area contributed by atoms with E-state index >= 15 is 0 Å². The molecular weight excluding hydrogens is 261 g/mol. The first-order valence-electron chi connectivity index (χ1n) is 6.70. The lowest BCUT2D eigenvalue weighted by Gasteiger charge is -2.35. The summed E-state index contributed by atoms with van der Waals surface area (Å²) in [5.74, 6) is 0. The van der Waals surface area contributed by atoms with Gasteiger partial charge < -0.3 is 14.8 Å². The molecule has 1 aliphatic heterocycles. The Labute approximate surface area is 112 Å². The Morgan fingerprint density at radius 1 is 1.42 bits per heavy atom. The summed E-state index contributed by atoms with van der Waals surface area (Å²) in [5.41, 5.74) is 0. The number of hydrogen-bond donors (Lipinski definition) is 1. The monoisotopic (exact) mass is 284 g/mol. The summed E-state index contributed by atoms with van der Waals surface area (Å²) in [5, 5.41) is 3.27. The zero-order valence-corrected chi connectivity index (χ0v) is 11.3. The van der Waals surface area contributed by atoms with Gasteiger partial charge in [-0.25, -0.2) is 0 Å². The van der Waals surface area contributed by atoms with Crippen LogP contribution in [-0.4, -0.2) is 69.7 Å². The first-order chi connectivity index (χ1) is 9.03. The van der Waals surface area contributed by atoms with Crippen LogP contribution in [-0.2, 0) is 9.47 Å². The minimum Gasteiger partial charge on any atom is -0.378 e. The Hall–Kier alpha value is -0.370. The smallest absolute Gasteiger partial charge is 0.378 e. The molecule has 0 amide bonds. The van der Waals surface area contributed by atoms with E-state index in [0.717, 1.165) is 26.2 Å². The Bertz CT molecular complexity index is 240. The number of likely N-dealkylation sites (N-methyl/N-ethyl adjacent to an activating group) is 1. The maximum atomic E-state index is 11.9. The predicted molar refractivity (Wildman–Crippen MR) is 66.2 cm³/mol. The Balaban J connectivity index is 2.14. The molecule has 1 aliphatic rings. The zero-order chi connectivity index (χ0) is 14.1. The molecule has 1 atom stereocenters. The summed E-state index contributed by atoms with van der Waals surface area (Å²) in [7, 11) is 0. The fraction of sp³-hybridized carbons (Fsp3) is 1.00. The minimum atomic E-state index is -4.23. The topological polar surface area (TPSA) is 33.7 Å². The van der Waals surface area contributed by atoms with Crippen molar-refractivity contribution < 1.29 is 22.6 Å². The van der Waals surface area contributed by atoms with Gasteiger partial charge in [-0.15, -0.1) is 0 Å². The maximum Gasteiger partial charge on any atom is 0.411 e. The number of ether oxygens (including phenoxy) is 2. The lowest BCUT2D eigenvalue weighted by atomic mass is 10.2. The number of nitrogens with one attached hydrogen (secondary N) is 1. The lowest BCUT2D eigenvalue weighted by Crippen LogP contribution is -2.50. The summed E-state index contributed by atoms with van der Waals surface area (Å²) < 4.78 is 45.7. The molecule has 7 heteroatoms. The van der Waals surface area contributed by atoms with Gasteiger partial charge in [-0.05, 0) is 13.0 Å². The highest BCUT2D eigenvalue weighted by atomic mass is 19.4. The van der Waals surface area contributed by atoms with E-state index < -0.39 is 12.8 Å². The fourth-order valence-corrected chi connectivity index (χ4v) is 2.04. The third kappa shape index (κ3) is 7.71. The lowest BCUT2D eigenvalue weighted by molar-refractivity contribution is -0.174. The van der Waals surface area contributed by atoms with Crippen molar-refractivity contribution in [3.8, 4) is 0 Å². The molecular formula is C12H23F3N2O2. The van der Waals surface area contributed by atoms with Gasteiger partial charge in [0, 0.05) is 32.3 Å². The van der Waals surface area contributed by atoms with E-state index in [1.165, 1.54) is 0 Å². The van der Waals surface area contributed by atoms with Gasteiger partial charge in [0.2, 0.25) is 0 Å². The highest BCUT2D eigenvalue weighted by molar-refractivity contribution is 4.77. The second kappa shape index (κ2) is 8.73. The van der Waals surface area contributed by atoms with E-state index in [-0.39, 0.29) is 6.61 Å². The molecule has 114 valence electrons. The van der Waals surface area contributed by atoms with Gasteiger partial charge in [-0.1, -0.05) is 6.92 Å². The van der Waals surface area contributed by atoms with Crippen LogP contribution < -0.4 is 5.32 Å². The number of halogens is 3. The van der Waals surface area contributed by atoms with Crippen LogP contribution in [0.2, 0.25) is 0 Å². The molecule has 1 unspecified atom stereocenters. The van der Waals surface area contributed by atoms with Gasteiger partial charge in [0.1, 0.15) is 6.61 Å². The average molecular weight is 284 g/mol. The van der Waals surface area contributed by atoms with Gasteiger partial charge in [0.15, 0.2) is 0 Å². The van der Waals surface area contributed by atoms with Crippen molar-refractivity contribution in [1.29, 1.82) is 0 Å². The third-order valence-corrected chi connectivity index (χ3v) is 2.98. The summed E-state index contributed by atoms with van der Waals surface area (Å²) in [4.78, 5) is 2.25.